The number of Topliss-reactive ketones (excluding diaryl/α,β-unsaturated/α-hetero) is 1. The Morgan fingerprint density at radius 2 is 2.41 bits per heavy atom. The van der Waals surface area contributed by atoms with Crippen molar-refractivity contribution in [3.8, 4) is 0 Å². The Hall–Kier alpha value is -1.26. The first-order valence-corrected chi connectivity index (χ1v) is 6.24. The number of carbonyl (C=O) groups is 1. The van der Waals surface area contributed by atoms with Crippen molar-refractivity contribution in [2.75, 3.05) is 19.6 Å². The molecule has 4 heteroatoms. The van der Waals surface area contributed by atoms with Crippen LogP contribution in [0.25, 0.3) is 0 Å². The lowest BCUT2D eigenvalue weighted by molar-refractivity contribution is 0.0985. The Morgan fingerprint density at radius 3 is 3.12 bits per heavy atom. The monoisotopic (exact) mass is 233 g/mol. The van der Waals surface area contributed by atoms with Crippen molar-refractivity contribution < 1.29 is 4.79 Å². The molecule has 2 heterocycles. The second kappa shape index (κ2) is 6.47. The van der Waals surface area contributed by atoms with Crippen molar-refractivity contribution in [2.24, 2.45) is 0 Å². The first-order chi connectivity index (χ1) is 8.36. The molecule has 0 aromatic carbocycles. The third-order valence-corrected chi connectivity index (χ3v) is 3.04. The second-order valence-electron chi connectivity index (χ2n) is 4.42. The molecule has 1 aromatic rings. The van der Waals surface area contributed by atoms with E-state index in [4.69, 9.17) is 0 Å². The average Bonchev–Trinajstić information content (AvgIpc) is 2.41. The molecule has 1 fully saturated rings. The summed E-state index contributed by atoms with van der Waals surface area (Å²) in [4.78, 5) is 15.8. The van der Waals surface area contributed by atoms with Crippen LogP contribution < -0.4 is 10.6 Å². The normalized spacial score (nSPS) is 20.1. The van der Waals surface area contributed by atoms with Crippen LogP contribution in [0.3, 0.4) is 0 Å². The second-order valence-corrected chi connectivity index (χ2v) is 4.42. The van der Waals surface area contributed by atoms with Gasteiger partial charge in [0.1, 0.15) is 5.69 Å². The van der Waals surface area contributed by atoms with Gasteiger partial charge in [-0.15, -0.1) is 0 Å². The molecule has 17 heavy (non-hydrogen) atoms. The number of carbonyl (C=O) groups excluding carboxylic acids is 1. The van der Waals surface area contributed by atoms with Gasteiger partial charge >= 0.3 is 0 Å². The predicted octanol–water partition coefficient (Wildman–Crippen LogP) is 0.996. The van der Waals surface area contributed by atoms with Crippen molar-refractivity contribution >= 4 is 5.78 Å². The van der Waals surface area contributed by atoms with E-state index < -0.39 is 0 Å². The summed E-state index contributed by atoms with van der Waals surface area (Å²) in [6.07, 6.45) is 5.40. The number of pyridine rings is 1. The molecular formula is C13H19N3O. The minimum absolute atomic E-state index is 0.0569. The van der Waals surface area contributed by atoms with Crippen LogP contribution in [0.4, 0.5) is 0 Å². The lowest BCUT2D eigenvalue weighted by Gasteiger charge is -2.23. The molecule has 0 aliphatic carbocycles. The fourth-order valence-corrected chi connectivity index (χ4v) is 2.08. The van der Waals surface area contributed by atoms with E-state index in [-0.39, 0.29) is 5.78 Å². The fourth-order valence-electron chi connectivity index (χ4n) is 2.08. The molecule has 0 unspecified atom stereocenters. The number of hydrogen-bond donors (Lipinski definition) is 2. The predicted molar refractivity (Wildman–Crippen MR) is 67.1 cm³/mol. The van der Waals surface area contributed by atoms with Crippen molar-refractivity contribution in [1.29, 1.82) is 0 Å². The summed E-state index contributed by atoms with van der Waals surface area (Å²) < 4.78 is 0. The molecule has 2 rings (SSSR count). The van der Waals surface area contributed by atoms with Crippen molar-refractivity contribution in [2.45, 2.75) is 25.3 Å². The Balaban J connectivity index is 1.69. The molecule has 2 N–H and O–H groups in total. The molecule has 1 aromatic heterocycles. The Morgan fingerprint density at radius 1 is 1.47 bits per heavy atom. The van der Waals surface area contributed by atoms with Gasteiger partial charge in [-0.1, -0.05) is 12.5 Å². The number of ketones is 1. The first kappa shape index (κ1) is 12.2. The smallest absolute Gasteiger partial charge is 0.194 e. The highest BCUT2D eigenvalue weighted by molar-refractivity contribution is 5.95. The third-order valence-electron chi connectivity index (χ3n) is 3.04. The van der Waals surface area contributed by atoms with E-state index in [2.05, 4.69) is 15.6 Å². The molecule has 0 spiro atoms. The minimum atomic E-state index is 0.0569. The van der Waals surface area contributed by atoms with Gasteiger partial charge < -0.3 is 10.6 Å². The third kappa shape index (κ3) is 3.91. The van der Waals surface area contributed by atoms with Gasteiger partial charge in [0.2, 0.25) is 0 Å². The van der Waals surface area contributed by atoms with Crippen LogP contribution in [0.15, 0.2) is 24.4 Å². The van der Waals surface area contributed by atoms with E-state index in [0.717, 1.165) is 13.1 Å². The van der Waals surface area contributed by atoms with Gasteiger partial charge in [0, 0.05) is 18.8 Å². The van der Waals surface area contributed by atoms with Crippen LogP contribution >= 0.6 is 0 Å². The maximum absolute atomic E-state index is 11.7. The lowest BCUT2D eigenvalue weighted by Crippen LogP contribution is -2.42. The highest BCUT2D eigenvalue weighted by Gasteiger charge is 2.12. The zero-order chi connectivity index (χ0) is 11.9. The van der Waals surface area contributed by atoms with Gasteiger partial charge in [0.05, 0.1) is 6.54 Å². The average molecular weight is 233 g/mol. The number of nitrogens with zero attached hydrogens (tertiary/aromatic N) is 1. The lowest BCUT2D eigenvalue weighted by atomic mass is 10.1. The number of piperidine rings is 1. The first-order valence-electron chi connectivity index (χ1n) is 6.24. The largest absolute Gasteiger partial charge is 0.313 e. The molecule has 0 radical (unpaired) electrons. The maximum Gasteiger partial charge on any atom is 0.194 e. The van der Waals surface area contributed by atoms with Crippen molar-refractivity contribution in [3.05, 3.63) is 30.1 Å². The van der Waals surface area contributed by atoms with Crippen molar-refractivity contribution in [1.82, 2.24) is 15.6 Å². The highest BCUT2D eigenvalue weighted by atomic mass is 16.1. The molecule has 0 amide bonds. The Bertz CT molecular complexity index is 347. The molecule has 4 nitrogen and oxygen atoms in total. The maximum atomic E-state index is 11.7. The van der Waals surface area contributed by atoms with Crippen molar-refractivity contribution in [3.63, 3.8) is 0 Å². The van der Waals surface area contributed by atoms with E-state index in [1.165, 1.54) is 19.3 Å². The molecule has 92 valence electrons. The van der Waals surface area contributed by atoms with E-state index in [1.807, 2.05) is 12.1 Å². The molecule has 1 saturated heterocycles. The molecule has 1 atom stereocenters. The van der Waals surface area contributed by atoms with Gasteiger partial charge in [-0.05, 0) is 31.5 Å². The van der Waals surface area contributed by atoms with Gasteiger partial charge in [0.15, 0.2) is 5.78 Å². The van der Waals surface area contributed by atoms with E-state index in [0.29, 0.717) is 18.3 Å². The molecule has 0 saturated carbocycles. The van der Waals surface area contributed by atoms with E-state index in [1.54, 1.807) is 12.3 Å². The molecule has 1 aliphatic heterocycles. The highest BCUT2D eigenvalue weighted by Crippen LogP contribution is 2.05. The Labute approximate surface area is 102 Å². The summed E-state index contributed by atoms with van der Waals surface area (Å²) in [6.45, 7) is 2.33. The zero-order valence-electron chi connectivity index (χ0n) is 9.98. The summed E-state index contributed by atoms with van der Waals surface area (Å²) in [7, 11) is 0. The Kier molecular flexibility index (Phi) is 4.64. The van der Waals surface area contributed by atoms with Crippen LogP contribution in [0.5, 0.6) is 0 Å². The van der Waals surface area contributed by atoms with Crippen LogP contribution in [0.2, 0.25) is 0 Å². The van der Waals surface area contributed by atoms with Crippen LogP contribution in [-0.4, -0.2) is 36.4 Å². The van der Waals surface area contributed by atoms with Gasteiger partial charge in [-0.2, -0.15) is 0 Å². The molecule has 0 bridgehead atoms. The SMILES string of the molecule is O=C(CNC[C@H]1CCCCN1)c1ccccn1. The summed E-state index contributed by atoms with van der Waals surface area (Å²) in [6, 6.07) is 5.92. The fraction of sp³-hybridized carbons (Fsp3) is 0.538. The molecule has 1 aliphatic rings. The van der Waals surface area contributed by atoms with Gasteiger partial charge in [0.25, 0.3) is 0 Å². The standard InChI is InChI=1S/C13H19N3O/c17-13(12-6-2-4-8-16-12)10-14-9-11-5-1-3-7-15-11/h2,4,6,8,11,14-15H,1,3,5,7,9-10H2/t11-/m1/s1. The summed E-state index contributed by atoms with van der Waals surface area (Å²) in [5.74, 6) is 0.0569. The van der Waals surface area contributed by atoms with Gasteiger partial charge in [-0.3, -0.25) is 9.78 Å². The van der Waals surface area contributed by atoms with Gasteiger partial charge in [-0.25, -0.2) is 0 Å². The zero-order valence-corrected chi connectivity index (χ0v) is 9.98. The van der Waals surface area contributed by atoms with Crippen LogP contribution in [-0.2, 0) is 0 Å². The minimum Gasteiger partial charge on any atom is -0.313 e. The number of hydrogen-bond acceptors (Lipinski definition) is 4. The topological polar surface area (TPSA) is 54.0 Å². The summed E-state index contributed by atoms with van der Waals surface area (Å²) in [5, 5.41) is 6.64. The van der Waals surface area contributed by atoms with E-state index >= 15 is 0 Å². The molecular weight excluding hydrogens is 214 g/mol. The van der Waals surface area contributed by atoms with Crippen LogP contribution in [0.1, 0.15) is 29.8 Å². The quantitative estimate of drug-likeness (QED) is 0.745. The summed E-state index contributed by atoms with van der Waals surface area (Å²) in [5.41, 5.74) is 0.539. The van der Waals surface area contributed by atoms with Crippen LogP contribution in [0, 0.1) is 0 Å². The summed E-state index contributed by atoms with van der Waals surface area (Å²) >= 11 is 0. The number of aromatic nitrogens is 1. The van der Waals surface area contributed by atoms with E-state index in [9.17, 15) is 4.79 Å². The number of nitrogens with one attached hydrogen (secondary N) is 2. The number of rotatable bonds is 5.